The van der Waals surface area contributed by atoms with Gasteiger partial charge in [-0.3, -0.25) is 4.79 Å². The van der Waals surface area contributed by atoms with E-state index in [9.17, 15) is 22.8 Å². The number of aryl methyl sites for hydroxylation is 2. The maximum absolute atomic E-state index is 13.4. The molecule has 0 radical (unpaired) electrons. The Bertz CT molecular complexity index is 1630. The number of halogens is 3. The molecule has 5 rings (SSSR count). The van der Waals surface area contributed by atoms with E-state index in [-0.39, 0.29) is 23.8 Å². The summed E-state index contributed by atoms with van der Waals surface area (Å²) in [7, 11) is 0. The zero-order valence-corrected chi connectivity index (χ0v) is 24.3. The van der Waals surface area contributed by atoms with Crippen molar-refractivity contribution in [2.45, 2.75) is 39.2 Å². The minimum atomic E-state index is -4.79. The lowest BCUT2D eigenvalue weighted by molar-refractivity contribution is -0.274. The van der Waals surface area contributed by atoms with Crippen LogP contribution in [0.3, 0.4) is 0 Å². The van der Waals surface area contributed by atoms with E-state index in [0.717, 1.165) is 16.8 Å². The molecule has 4 aromatic carbocycles. The van der Waals surface area contributed by atoms with Crippen LogP contribution < -0.4 is 20.1 Å². The third kappa shape index (κ3) is 7.69. The Morgan fingerprint density at radius 3 is 2.18 bits per heavy atom. The number of piperidine rings is 1. The van der Waals surface area contributed by atoms with Gasteiger partial charge in [-0.2, -0.15) is 0 Å². The largest absolute Gasteiger partial charge is 0.573 e. The normalized spacial score (nSPS) is 13.7. The van der Waals surface area contributed by atoms with Gasteiger partial charge in [0.15, 0.2) is 0 Å². The molecule has 7 nitrogen and oxygen atoms in total. The predicted molar refractivity (Wildman–Crippen MR) is 163 cm³/mol. The molecule has 44 heavy (non-hydrogen) atoms. The zero-order chi connectivity index (χ0) is 31.3. The number of carbonyl (C=O) groups is 2. The SMILES string of the molecule is Cc1ccccc1NC(=O)N1CCC(Oc2cccc(NC(=O)c3cccc(C)c3-c3ccc(OC(F)(F)F)cc3)c2)CC1. The van der Waals surface area contributed by atoms with E-state index in [2.05, 4.69) is 15.4 Å². The van der Waals surface area contributed by atoms with E-state index in [1.165, 1.54) is 24.3 Å². The number of ether oxygens (including phenoxy) is 2. The van der Waals surface area contributed by atoms with E-state index in [4.69, 9.17) is 4.74 Å². The van der Waals surface area contributed by atoms with E-state index in [1.807, 2.05) is 50.2 Å². The van der Waals surface area contributed by atoms with Gasteiger partial charge >= 0.3 is 12.4 Å². The van der Waals surface area contributed by atoms with Crippen molar-refractivity contribution in [2.24, 2.45) is 0 Å². The summed E-state index contributed by atoms with van der Waals surface area (Å²) in [6.07, 6.45) is -3.55. The Kier molecular flexibility index (Phi) is 9.08. The van der Waals surface area contributed by atoms with Crippen molar-refractivity contribution in [1.29, 1.82) is 0 Å². The Balaban J connectivity index is 1.21. The van der Waals surface area contributed by atoms with Crippen LogP contribution in [-0.2, 0) is 0 Å². The molecule has 3 amide bonds. The van der Waals surface area contributed by atoms with Gasteiger partial charge in [-0.05, 0) is 72.5 Å². The van der Waals surface area contributed by atoms with Crippen molar-refractivity contribution >= 4 is 23.3 Å². The molecule has 1 heterocycles. The van der Waals surface area contributed by atoms with E-state index in [1.54, 1.807) is 35.2 Å². The van der Waals surface area contributed by atoms with Crippen molar-refractivity contribution in [3.8, 4) is 22.6 Å². The minimum absolute atomic E-state index is 0.0869. The molecule has 228 valence electrons. The van der Waals surface area contributed by atoms with E-state index < -0.39 is 6.36 Å². The van der Waals surface area contributed by atoms with Gasteiger partial charge in [-0.25, -0.2) is 4.79 Å². The fourth-order valence-electron chi connectivity index (χ4n) is 5.19. The number of benzene rings is 4. The van der Waals surface area contributed by atoms with Crippen LogP contribution in [0.15, 0.2) is 91.0 Å². The molecule has 10 heteroatoms. The highest BCUT2D eigenvalue weighted by Crippen LogP contribution is 2.32. The van der Waals surface area contributed by atoms with E-state index >= 15 is 0 Å². The number of alkyl halides is 3. The van der Waals surface area contributed by atoms with Gasteiger partial charge in [0.05, 0.1) is 0 Å². The van der Waals surface area contributed by atoms with E-state index in [0.29, 0.717) is 54.1 Å². The summed E-state index contributed by atoms with van der Waals surface area (Å²) < 4.78 is 47.9. The number of para-hydroxylation sites is 1. The van der Waals surface area contributed by atoms with Crippen LogP contribution in [0.25, 0.3) is 11.1 Å². The number of nitrogens with zero attached hydrogens (tertiary/aromatic N) is 1. The molecule has 0 unspecified atom stereocenters. The average Bonchev–Trinajstić information content (AvgIpc) is 2.98. The third-order valence-electron chi connectivity index (χ3n) is 7.40. The van der Waals surface area contributed by atoms with Gasteiger partial charge in [0, 0.05) is 48.9 Å². The topological polar surface area (TPSA) is 79.9 Å². The van der Waals surface area contributed by atoms with Crippen molar-refractivity contribution < 1.29 is 32.2 Å². The summed E-state index contributed by atoms with van der Waals surface area (Å²) in [5.41, 5.74) is 4.67. The molecule has 0 bridgehead atoms. The highest BCUT2D eigenvalue weighted by molar-refractivity contribution is 6.09. The van der Waals surface area contributed by atoms with Gasteiger partial charge < -0.3 is 25.0 Å². The first-order chi connectivity index (χ1) is 21.1. The molecule has 0 aliphatic carbocycles. The van der Waals surface area contributed by atoms with Gasteiger partial charge in [-0.15, -0.1) is 13.2 Å². The second kappa shape index (κ2) is 13.1. The first kappa shape index (κ1) is 30.5. The first-order valence-electron chi connectivity index (χ1n) is 14.2. The number of likely N-dealkylation sites (tertiary alicyclic amines) is 1. The molecule has 0 spiro atoms. The van der Waals surface area contributed by atoms with Crippen LogP contribution in [0.4, 0.5) is 29.3 Å². The van der Waals surface area contributed by atoms with Gasteiger partial charge in [0.2, 0.25) is 0 Å². The van der Waals surface area contributed by atoms with Crippen molar-refractivity contribution in [1.82, 2.24) is 4.90 Å². The van der Waals surface area contributed by atoms with Gasteiger partial charge in [-0.1, -0.05) is 48.5 Å². The minimum Gasteiger partial charge on any atom is -0.490 e. The highest BCUT2D eigenvalue weighted by atomic mass is 19.4. The Labute approximate surface area is 253 Å². The molecule has 1 saturated heterocycles. The first-order valence-corrected chi connectivity index (χ1v) is 14.2. The number of hydrogen-bond acceptors (Lipinski definition) is 4. The molecule has 0 aromatic heterocycles. The van der Waals surface area contributed by atoms with Crippen molar-refractivity contribution in [3.63, 3.8) is 0 Å². The lowest BCUT2D eigenvalue weighted by atomic mass is 9.94. The molecule has 2 N–H and O–H groups in total. The number of rotatable bonds is 7. The summed E-state index contributed by atoms with van der Waals surface area (Å²) in [4.78, 5) is 27.9. The Morgan fingerprint density at radius 2 is 1.48 bits per heavy atom. The molecule has 4 aromatic rings. The van der Waals surface area contributed by atoms with Crippen LogP contribution in [0.2, 0.25) is 0 Å². The summed E-state index contributed by atoms with van der Waals surface area (Å²) in [6, 6.07) is 25.3. The zero-order valence-electron chi connectivity index (χ0n) is 24.3. The molecular formula is C34H32F3N3O4. The number of urea groups is 1. The van der Waals surface area contributed by atoms with Crippen molar-refractivity contribution in [2.75, 3.05) is 23.7 Å². The van der Waals surface area contributed by atoms with Gasteiger partial charge in [0.25, 0.3) is 5.91 Å². The number of anilines is 2. The smallest absolute Gasteiger partial charge is 0.490 e. The molecule has 1 fully saturated rings. The standard InChI is InChI=1S/C34H32F3N3O4/c1-22-7-3-4-12-30(22)39-33(42)40-19-17-26(18-20-40)43-28-10-6-9-25(21-28)38-32(41)29-11-5-8-23(2)31(29)24-13-15-27(16-14-24)44-34(35,36)37/h3-16,21,26H,17-20H2,1-2H3,(H,38,41)(H,39,42). The molecule has 1 aliphatic heterocycles. The Hall–Kier alpha value is -4.99. The second-order valence-corrected chi connectivity index (χ2v) is 10.6. The summed E-state index contributed by atoms with van der Waals surface area (Å²) in [5, 5.41) is 5.88. The maximum atomic E-state index is 13.4. The van der Waals surface area contributed by atoms with Crippen molar-refractivity contribution in [3.05, 3.63) is 108 Å². The third-order valence-corrected chi connectivity index (χ3v) is 7.40. The summed E-state index contributed by atoms with van der Waals surface area (Å²) in [6.45, 7) is 4.89. The highest BCUT2D eigenvalue weighted by Gasteiger charge is 2.31. The maximum Gasteiger partial charge on any atom is 0.573 e. The lowest BCUT2D eigenvalue weighted by Gasteiger charge is -2.32. The Morgan fingerprint density at radius 1 is 0.795 bits per heavy atom. The fourth-order valence-corrected chi connectivity index (χ4v) is 5.19. The number of carbonyl (C=O) groups excluding carboxylic acids is 2. The number of nitrogens with one attached hydrogen (secondary N) is 2. The number of amides is 3. The second-order valence-electron chi connectivity index (χ2n) is 10.6. The average molecular weight is 604 g/mol. The molecule has 1 aliphatic rings. The molecule has 0 atom stereocenters. The molecular weight excluding hydrogens is 571 g/mol. The van der Waals surface area contributed by atoms with Crippen LogP contribution in [0, 0.1) is 13.8 Å². The monoisotopic (exact) mass is 603 g/mol. The van der Waals surface area contributed by atoms with Crippen LogP contribution in [-0.4, -0.2) is 42.4 Å². The summed E-state index contributed by atoms with van der Waals surface area (Å²) in [5.74, 6) is -0.117. The lowest BCUT2D eigenvalue weighted by Crippen LogP contribution is -2.43. The van der Waals surface area contributed by atoms with Crippen LogP contribution >= 0.6 is 0 Å². The molecule has 0 saturated carbocycles. The van der Waals surface area contributed by atoms with Gasteiger partial charge in [0.1, 0.15) is 17.6 Å². The van der Waals surface area contributed by atoms with Crippen LogP contribution in [0.1, 0.15) is 34.3 Å². The summed E-state index contributed by atoms with van der Waals surface area (Å²) >= 11 is 0. The quantitative estimate of drug-likeness (QED) is 0.223. The fraction of sp³-hybridized carbons (Fsp3) is 0.235. The van der Waals surface area contributed by atoms with Crippen LogP contribution in [0.5, 0.6) is 11.5 Å². The number of hydrogen-bond donors (Lipinski definition) is 2. The predicted octanol–water partition coefficient (Wildman–Crippen LogP) is 8.20.